The lowest BCUT2D eigenvalue weighted by Crippen LogP contribution is -2.19. The maximum Gasteiger partial charge on any atom is 0.387 e. The average molecular weight is 364 g/mol. The molecule has 140 valence electrons. The number of nitrogens with zero attached hydrogens (tertiary/aromatic N) is 1. The molecule has 0 spiro atoms. The number of nitrogens with one attached hydrogen (secondary N) is 1. The highest BCUT2D eigenvalue weighted by Gasteiger charge is 2.21. The van der Waals surface area contributed by atoms with E-state index in [0.717, 1.165) is 17.4 Å². The Morgan fingerprint density at radius 1 is 1.31 bits per heavy atom. The number of fused-ring (bicyclic) bond motifs is 3. The fraction of sp³-hybridized carbons (Fsp3) is 0.368. The van der Waals surface area contributed by atoms with Crippen molar-refractivity contribution >= 4 is 28.3 Å². The fourth-order valence-corrected chi connectivity index (χ4v) is 2.92. The number of amides is 1. The third-order valence-electron chi connectivity index (χ3n) is 4.01. The molecule has 3 rings (SSSR count). The number of benzene rings is 1. The van der Waals surface area contributed by atoms with Crippen LogP contribution in [0.2, 0.25) is 0 Å². The number of halogens is 2. The van der Waals surface area contributed by atoms with Crippen LogP contribution in [0.1, 0.15) is 38.7 Å². The Kier molecular flexibility index (Phi) is 6.89. The summed E-state index contributed by atoms with van der Waals surface area (Å²) in [5, 5.41) is 4.09. The van der Waals surface area contributed by atoms with E-state index in [-0.39, 0.29) is 17.3 Å². The highest BCUT2D eigenvalue weighted by molar-refractivity contribution is 6.08. The maximum absolute atomic E-state index is 12.7. The zero-order valence-corrected chi connectivity index (χ0v) is 15.0. The summed E-state index contributed by atoms with van der Waals surface area (Å²) < 4.78 is 35.7. The van der Waals surface area contributed by atoms with Crippen molar-refractivity contribution in [3.63, 3.8) is 0 Å². The molecule has 0 aliphatic heterocycles. The average Bonchev–Trinajstić information content (AvgIpc) is 3.05. The van der Waals surface area contributed by atoms with Crippen LogP contribution in [0.15, 0.2) is 35.0 Å². The van der Waals surface area contributed by atoms with Crippen molar-refractivity contribution in [1.29, 1.82) is 0 Å². The Balaban J connectivity index is 0.00000117. The molecule has 1 aromatic carbocycles. The number of carbonyl (C=O) groups is 1. The first-order valence-electron chi connectivity index (χ1n) is 8.56. The molecular weight excluding hydrogens is 342 g/mol. The number of alkyl halides is 2. The van der Waals surface area contributed by atoms with Crippen LogP contribution < -0.4 is 10.1 Å². The molecule has 0 aliphatic carbocycles. The second-order valence-corrected chi connectivity index (χ2v) is 5.34. The molecule has 0 saturated heterocycles. The van der Waals surface area contributed by atoms with Crippen molar-refractivity contribution in [3.05, 3.63) is 36.2 Å². The van der Waals surface area contributed by atoms with Crippen LogP contribution in [-0.2, 0) is 4.79 Å². The molecule has 7 heteroatoms. The normalized spacial score (nSPS) is 11.9. The van der Waals surface area contributed by atoms with Crippen LogP contribution in [0.3, 0.4) is 0 Å². The molecule has 3 aromatic rings. The topological polar surface area (TPSA) is 64.4 Å². The molecule has 1 N–H and O–H groups in total. The van der Waals surface area contributed by atoms with E-state index < -0.39 is 6.61 Å². The highest BCUT2D eigenvalue weighted by atomic mass is 19.3. The number of hydrogen-bond acceptors (Lipinski definition) is 4. The predicted molar refractivity (Wildman–Crippen MR) is 96.6 cm³/mol. The minimum atomic E-state index is -2.94. The van der Waals surface area contributed by atoms with Gasteiger partial charge in [0.05, 0.1) is 0 Å². The lowest BCUT2D eigenvalue weighted by molar-refractivity contribution is -0.109. The van der Waals surface area contributed by atoms with Gasteiger partial charge in [-0.25, -0.2) is 0 Å². The first-order valence-corrected chi connectivity index (χ1v) is 8.56. The molecular formula is C19H22F2N2O3. The van der Waals surface area contributed by atoms with E-state index in [9.17, 15) is 13.6 Å². The molecule has 5 nitrogen and oxygen atoms in total. The number of aromatic nitrogens is 1. The van der Waals surface area contributed by atoms with Gasteiger partial charge in [0.2, 0.25) is 6.41 Å². The summed E-state index contributed by atoms with van der Waals surface area (Å²) in [4.78, 5) is 14.7. The minimum absolute atomic E-state index is 0.0132. The molecule has 0 saturated carbocycles. The van der Waals surface area contributed by atoms with Crippen LogP contribution in [0, 0.1) is 0 Å². The Hall–Kier alpha value is -2.70. The largest absolute Gasteiger partial charge is 0.452 e. The van der Waals surface area contributed by atoms with Crippen LogP contribution in [0.5, 0.6) is 5.75 Å². The van der Waals surface area contributed by atoms with E-state index in [2.05, 4.69) is 15.0 Å². The summed E-state index contributed by atoms with van der Waals surface area (Å²) in [5.41, 5.74) is 1.71. The van der Waals surface area contributed by atoms with Gasteiger partial charge in [-0.3, -0.25) is 9.78 Å². The monoisotopic (exact) mass is 364 g/mol. The van der Waals surface area contributed by atoms with Gasteiger partial charge in [0.15, 0.2) is 11.3 Å². The van der Waals surface area contributed by atoms with Crippen molar-refractivity contribution in [2.75, 3.05) is 6.54 Å². The SMILES string of the molecule is CC.CCC(CNC=O)c1ccc(OC(F)F)c2oc3ccncc3c12. The number of rotatable bonds is 7. The van der Waals surface area contributed by atoms with Gasteiger partial charge in [-0.05, 0) is 24.1 Å². The van der Waals surface area contributed by atoms with Crippen molar-refractivity contribution in [2.24, 2.45) is 0 Å². The van der Waals surface area contributed by atoms with Gasteiger partial charge in [-0.1, -0.05) is 26.8 Å². The van der Waals surface area contributed by atoms with E-state index in [0.29, 0.717) is 23.9 Å². The van der Waals surface area contributed by atoms with Crippen molar-refractivity contribution in [3.8, 4) is 5.75 Å². The predicted octanol–water partition coefficient (Wildman–Crippen LogP) is 4.85. The van der Waals surface area contributed by atoms with Crippen molar-refractivity contribution in [1.82, 2.24) is 10.3 Å². The molecule has 0 radical (unpaired) electrons. The fourth-order valence-electron chi connectivity index (χ4n) is 2.92. The zero-order valence-electron chi connectivity index (χ0n) is 15.0. The number of hydrogen-bond donors (Lipinski definition) is 1. The Morgan fingerprint density at radius 3 is 2.73 bits per heavy atom. The summed E-state index contributed by atoms with van der Waals surface area (Å²) in [7, 11) is 0. The lowest BCUT2D eigenvalue weighted by Gasteiger charge is -2.17. The molecule has 26 heavy (non-hydrogen) atoms. The Bertz CT molecular complexity index is 864. The number of pyridine rings is 1. The summed E-state index contributed by atoms with van der Waals surface area (Å²) in [5.74, 6) is -0.00236. The van der Waals surface area contributed by atoms with Gasteiger partial charge in [0.1, 0.15) is 5.58 Å². The van der Waals surface area contributed by atoms with Crippen LogP contribution in [-0.4, -0.2) is 24.6 Å². The van der Waals surface area contributed by atoms with E-state index in [1.165, 1.54) is 6.07 Å². The van der Waals surface area contributed by atoms with E-state index in [1.54, 1.807) is 24.5 Å². The first-order chi connectivity index (χ1) is 12.7. The smallest absolute Gasteiger partial charge is 0.387 e. The summed E-state index contributed by atoms with van der Waals surface area (Å²) in [6.45, 7) is 3.49. The van der Waals surface area contributed by atoms with Crippen LogP contribution in [0.25, 0.3) is 21.9 Å². The third kappa shape index (κ3) is 3.92. The van der Waals surface area contributed by atoms with Gasteiger partial charge >= 0.3 is 6.61 Å². The zero-order chi connectivity index (χ0) is 19.1. The van der Waals surface area contributed by atoms with E-state index >= 15 is 0 Å². The molecule has 0 bridgehead atoms. The maximum atomic E-state index is 12.7. The summed E-state index contributed by atoms with van der Waals surface area (Å²) in [6.07, 6.45) is 4.61. The molecule has 2 heterocycles. The van der Waals surface area contributed by atoms with Gasteiger partial charge < -0.3 is 14.5 Å². The van der Waals surface area contributed by atoms with Gasteiger partial charge in [-0.15, -0.1) is 0 Å². The summed E-state index contributed by atoms with van der Waals surface area (Å²) >= 11 is 0. The molecule has 2 aromatic heterocycles. The number of furan rings is 1. The number of carbonyl (C=O) groups excluding carboxylic acids is 1. The molecule has 0 aliphatic rings. The minimum Gasteiger partial charge on any atom is -0.452 e. The lowest BCUT2D eigenvalue weighted by atomic mass is 9.92. The second kappa shape index (κ2) is 9.12. The first kappa shape index (κ1) is 19.6. The van der Waals surface area contributed by atoms with Gasteiger partial charge in [0.25, 0.3) is 0 Å². The summed E-state index contributed by atoms with van der Waals surface area (Å²) in [6, 6.07) is 4.89. The number of ether oxygens (including phenoxy) is 1. The quantitative estimate of drug-likeness (QED) is 0.609. The Morgan fingerprint density at radius 2 is 2.08 bits per heavy atom. The van der Waals surface area contributed by atoms with Crippen LogP contribution in [0.4, 0.5) is 8.78 Å². The van der Waals surface area contributed by atoms with Crippen molar-refractivity contribution < 1.29 is 22.7 Å². The van der Waals surface area contributed by atoms with Crippen molar-refractivity contribution in [2.45, 2.75) is 39.7 Å². The van der Waals surface area contributed by atoms with E-state index in [1.807, 2.05) is 20.8 Å². The van der Waals surface area contributed by atoms with Gasteiger partial charge in [-0.2, -0.15) is 8.78 Å². The van der Waals surface area contributed by atoms with E-state index in [4.69, 9.17) is 4.42 Å². The van der Waals surface area contributed by atoms with Gasteiger partial charge in [0, 0.05) is 35.6 Å². The highest BCUT2D eigenvalue weighted by Crippen LogP contribution is 2.40. The standard InChI is InChI=1S/C17H16F2N2O3.C2H6/c1-2-10(7-21-9-22)11-3-4-14(24-17(18)19)16-15(11)12-8-20-6-5-13(12)23-16;1-2/h3-6,8-10,17H,2,7H2,1H3,(H,21,22);1-2H3. The molecule has 0 fully saturated rings. The molecule has 1 atom stereocenters. The second-order valence-electron chi connectivity index (χ2n) is 5.34. The molecule has 1 unspecified atom stereocenters. The Labute approximate surface area is 150 Å². The third-order valence-corrected chi connectivity index (χ3v) is 4.01. The van der Waals surface area contributed by atoms with Crippen LogP contribution >= 0.6 is 0 Å². The molecule has 1 amide bonds.